The molecule has 6 heteroatoms. The topological polar surface area (TPSA) is 49.6 Å². The van der Waals surface area contributed by atoms with E-state index in [0.717, 1.165) is 19.5 Å². The number of nitrogens with zero attached hydrogens (tertiary/aromatic N) is 2. The Balaban J connectivity index is 2.34. The summed E-state index contributed by atoms with van der Waals surface area (Å²) in [7, 11) is 1.80. The third-order valence-electron chi connectivity index (χ3n) is 3.03. The van der Waals surface area contributed by atoms with Crippen molar-refractivity contribution in [2.75, 3.05) is 37.3 Å². The van der Waals surface area contributed by atoms with Crippen LogP contribution in [-0.2, 0) is 4.79 Å². The standard InChI is InChI=1S/C12H15Cl2N3O/c1-16-3-2-4-17(7-11(16)18)12-9(13)5-8(15)6-10(12)14/h5-6H,2-4,7,15H2,1H3. The average molecular weight is 288 g/mol. The Kier molecular flexibility index (Phi) is 3.88. The van der Waals surface area contributed by atoms with E-state index in [0.29, 0.717) is 28.0 Å². The van der Waals surface area contributed by atoms with E-state index in [1.807, 2.05) is 4.90 Å². The molecule has 0 radical (unpaired) electrons. The minimum Gasteiger partial charge on any atom is -0.399 e. The van der Waals surface area contributed by atoms with Crippen LogP contribution in [0, 0.1) is 0 Å². The Bertz CT molecular complexity index is 455. The summed E-state index contributed by atoms with van der Waals surface area (Å²) in [5.41, 5.74) is 6.89. The van der Waals surface area contributed by atoms with Gasteiger partial charge in [0.15, 0.2) is 0 Å². The summed E-state index contributed by atoms with van der Waals surface area (Å²) in [6, 6.07) is 3.31. The van der Waals surface area contributed by atoms with Crippen molar-refractivity contribution in [2.24, 2.45) is 0 Å². The number of halogens is 2. The van der Waals surface area contributed by atoms with Crippen LogP contribution in [0.15, 0.2) is 12.1 Å². The molecule has 1 aliphatic rings. The summed E-state index contributed by atoms with van der Waals surface area (Å²) in [4.78, 5) is 15.5. The summed E-state index contributed by atoms with van der Waals surface area (Å²) in [6.07, 6.45) is 0.888. The lowest BCUT2D eigenvalue weighted by atomic mass is 10.2. The van der Waals surface area contributed by atoms with E-state index >= 15 is 0 Å². The number of hydrogen-bond donors (Lipinski definition) is 1. The van der Waals surface area contributed by atoms with Crippen LogP contribution in [0.3, 0.4) is 0 Å². The average Bonchev–Trinajstić information content (AvgIpc) is 2.40. The molecule has 0 aliphatic carbocycles. The second-order valence-corrected chi connectivity index (χ2v) is 5.24. The van der Waals surface area contributed by atoms with E-state index in [1.54, 1.807) is 24.1 Å². The molecule has 0 spiro atoms. The summed E-state index contributed by atoms with van der Waals surface area (Å²) in [6.45, 7) is 1.79. The van der Waals surface area contributed by atoms with Crippen LogP contribution in [0.5, 0.6) is 0 Å². The maximum absolute atomic E-state index is 11.9. The molecule has 0 saturated carbocycles. The van der Waals surface area contributed by atoms with Gasteiger partial charge in [-0.25, -0.2) is 0 Å². The Hall–Kier alpha value is -1.13. The molecule has 0 atom stereocenters. The fourth-order valence-electron chi connectivity index (χ4n) is 2.06. The highest BCUT2D eigenvalue weighted by molar-refractivity contribution is 6.39. The fraction of sp³-hybridized carbons (Fsp3) is 0.417. The molecule has 4 nitrogen and oxygen atoms in total. The number of rotatable bonds is 1. The van der Waals surface area contributed by atoms with Gasteiger partial charge in [-0.15, -0.1) is 0 Å². The molecule has 0 unspecified atom stereocenters. The Morgan fingerprint density at radius 1 is 1.22 bits per heavy atom. The third kappa shape index (κ3) is 2.65. The lowest BCUT2D eigenvalue weighted by molar-refractivity contribution is -0.127. The zero-order chi connectivity index (χ0) is 13.3. The summed E-state index contributed by atoms with van der Waals surface area (Å²) in [5, 5.41) is 0.967. The molecule has 2 rings (SSSR count). The van der Waals surface area contributed by atoms with Crippen molar-refractivity contribution in [3.63, 3.8) is 0 Å². The van der Waals surface area contributed by atoms with Gasteiger partial charge in [0, 0.05) is 25.8 Å². The largest absolute Gasteiger partial charge is 0.399 e. The van der Waals surface area contributed by atoms with Crippen LogP contribution < -0.4 is 10.6 Å². The van der Waals surface area contributed by atoms with Crippen molar-refractivity contribution in [2.45, 2.75) is 6.42 Å². The lowest BCUT2D eigenvalue weighted by Crippen LogP contribution is -2.34. The van der Waals surface area contributed by atoms with Crippen LogP contribution >= 0.6 is 23.2 Å². The van der Waals surface area contributed by atoms with Gasteiger partial charge < -0.3 is 15.5 Å². The number of nitrogens with two attached hydrogens (primary N) is 1. The summed E-state index contributed by atoms with van der Waals surface area (Å²) >= 11 is 12.3. The summed E-state index contributed by atoms with van der Waals surface area (Å²) in [5.74, 6) is 0.0662. The number of carbonyl (C=O) groups is 1. The van der Waals surface area contributed by atoms with Gasteiger partial charge in [-0.05, 0) is 18.6 Å². The number of nitrogen functional groups attached to an aromatic ring is 1. The van der Waals surface area contributed by atoms with Gasteiger partial charge in [0.1, 0.15) is 0 Å². The SMILES string of the molecule is CN1CCCN(c2c(Cl)cc(N)cc2Cl)CC1=O. The van der Waals surface area contributed by atoms with Gasteiger partial charge in [0.25, 0.3) is 0 Å². The van der Waals surface area contributed by atoms with E-state index in [1.165, 1.54) is 0 Å². The molecule has 2 N–H and O–H groups in total. The second kappa shape index (κ2) is 5.24. The van der Waals surface area contributed by atoms with Crippen LogP contribution in [0.4, 0.5) is 11.4 Å². The molecule has 98 valence electrons. The zero-order valence-electron chi connectivity index (χ0n) is 10.1. The van der Waals surface area contributed by atoms with Crippen molar-refractivity contribution < 1.29 is 4.79 Å². The Morgan fingerprint density at radius 2 is 1.83 bits per heavy atom. The molecule has 1 amide bonds. The quantitative estimate of drug-likeness (QED) is 0.806. The first kappa shape index (κ1) is 13.3. The molecule has 1 aromatic rings. The Morgan fingerprint density at radius 3 is 2.44 bits per heavy atom. The smallest absolute Gasteiger partial charge is 0.241 e. The predicted molar refractivity (Wildman–Crippen MR) is 75.3 cm³/mol. The van der Waals surface area contributed by atoms with Gasteiger partial charge in [-0.3, -0.25) is 4.79 Å². The molecule has 0 bridgehead atoms. The minimum atomic E-state index is 0.0662. The van der Waals surface area contributed by atoms with E-state index in [9.17, 15) is 4.79 Å². The predicted octanol–water partition coefficient (Wildman–Crippen LogP) is 2.24. The van der Waals surface area contributed by atoms with Crippen molar-refractivity contribution in [3.8, 4) is 0 Å². The summed E-state index contributed by atoms with van der Waals surface area (Å²) < 4.78 is 0. The van der Waals surface area contributed by atoms with E-state index in [4.69, 9.17) is 28.9 Å². The number of amides is 1. The molecule has 1 heterocycles. The van der Waals surface area contributed by atoms with E-state index < -0.39 is 0 Å². The molecule has 1 aromatic carbocycles. The van der Waals surface area contributed by atoms with E-state index in [-0.39, 0.29) is 5.91 Å². The highest BCUT2D eigenvalue weighted by Crippen LogP contribution is 2.36. The first-order valence-electron chi connectivity index (χ1n) is 5.72. The van der Waals surface area contributed by atoms with Gasteiger partial charge in [0.05, 0.1) is 22.3 Å². The number of likely N-dealkylation sites (N-methyl/N-ethyl adjacent to an activating group) is 1. The van der Waals surface area contributed by atoms with Gasteiger partial charge in [-0.2, -0.15) is 0 Å². The molecular weight excluding hydrogens is 273 g/mol. The van der Waals surface area contributed by atoms with Crippen molar-refractivity contribution in [1.29, 1.82) is 0 Å². The van der Waals surface area contributed by atoms with Crippen LogP contribution in [0.25, 0.3) is 0 Å². The molecule has 1 aliphatic heterocycles. The van der Waals surface area contributed by atoms with Crippen molar-refractivity contribution in [3.05, 3.63) is 22.2 Å². The highest BCUT2D eigenvalue weighted by Gasteiger charge is 2.22. The Labute approximate surface area is 116 Å². The molecule has 1 saturated heterocycles. The monoisotopic (exact) mass is 287 g/mol. The minimum absolute atomic E-state index is 0.0662. The van der Waals surface area contributed by atoms with Crippen LogP contribution in [0.2, 0.25) is 10.0 Å². The third-order valence-corrected chi connectivity index (χ3v) is 3.61. The van der Waals surface area contributed by atoms with Crippen LogP contribution in [-0.4, -0.2) is 37.5 Å². The number of hydrogen-bond acceptors (Lipinski definition) is 3. The number of benzene rings is 1. The maximum Gasteiger partial charge on any atom is 0.241 e. The molecule has 1 fully saturated rings. The molecular formula is C12H15Cl2N3O. The van der Waals surface area contributed by atoms with Crippen molar-refractivity contribution >= 4 is 40.5 Å². The molecule has 0 aromatic heterocycles. The first-order valence-corrected chi connectivity index (χ1v) is 6.48. The number of carbonyl (C=O) groups excluding carboxylic acids is 1. The van der Waals surface area contributed by atoms with Gasteiger partial charge in [0.2, 0.25) is 5.91 Å². The van der Waals surface area contributed by atoms with Gasteiger partial charge in [-0.1, -0.05) is 23.2 Å². The van der Waals surface area contributed by atoms with Crippen LogP contribution in [0.1, 0.15) is 6.42 Å². The number of anilines is 2. The second-order valence-electron chi connectivity index (χ2n) is 4.42. The lowest BCUT2D eigenvalue weighted by Gasteiger charge is -2.24. The first-order chi connectivity index (χ1) is 8.49. The van der Waals surface area contributed by atoms with E-state index in [2.05, 4.69) is 0 Å². The van der Waals surface area contributed by atoms with Gasteiger partial charge >= 0.3 is 0 Å². The van der Waals surface area contributed by atoms with Crippen molar-refractivity contribution in [1.82, 2.24) is 4.90 Å². The highest BCUT2D eigenvalue weighted by atomic mass is 35.5. The normalized spacial score (nSPS) is 16.9. The fourth-order valence-corrected chi connectivity index (χ4v) is 2.81. The zero-order valence-corrected chi connectivity index (χ0v) is 11.6. The molecule has 18 heavy (non-hydrogen) atoms. The maximum atomic E-state index is 11.9.